The van der Waals surface area contributed by atoms with E-state index in [1.165, 1.54) is 30.3 Å². The molecule has 0 aromatic heterocycles. The highest BCUT2D eigenvalue weighted by molar-refractivity contribution is 7.86. The summed E-state index contributed by atoms with van der Waals surface area (Å²) in [7, 11) is -4.63. The minimum atomic E-state index is -4.63. The van der Waals surface area contributed by atoms with E-state index in [-0.39, 0.29) is 39.1 Å². The highest BCUT2D eigenvalue weighted by atomic mass is 32.2. The van der Waals surface area contributed by atoms with E-state index in [9.17, 15) is 28.0 Å². The summed E-state index contributed by atoms with van der Waals surface area (Å²) in [4.78, 5) is 10.8. The number of benzene rings is 3. The Balaban J connectivity index is 2.22. The molecule has 0 heterocycles. The molecular weight excluding hydrogens is 386 g/mol. The summed E-state index contributed by atoms with van der Waals surface area (Å²) in [5.74, 6) is -1.56. The number of phenols is 1. The fourth-order valence-electron chi connectivity index (χ4n) is 2.83. The number of aryl methyl sites for hydroxylation is 1. The summed E-state index contributed by atoms with van der Waals surface area (Å²) in [6.07, 6.45) is 0. The van der Waals surface area contributed by atoms with Gasteiger partial charge < -0.3 is 15.9 Å². The predicted molar refractivity (Wildman–Crippen MR) is 102 cm³/mol. The lowest BCUT2D eigenvalue weighted by Crippen LogP contribution is -2.04. The average molecular weight is 401 g/mol. The van der Waals surface area contributed by atoms with Crippen LogP contribution in [-0.4, -0.2) is 29.2 Å². The molecular formula is C18H15N3O6S. The maximum atomic E-state index is 11.7. The van der Waals surface area contributed by atoms with E-state index in [1.807, 2.05) is 0 Å². The number of nitrogens with two attached hydrogens (primary N) is 1. The maximum absolute atomic E-state index is 11.7. The fourth-order valence-corrected chi connectivity index (χ4v) is 3.64. The number of aromatic carboxylic acids is 1. The number of rotatable bonds is 4. The first-order valence-corrected chi connectivity index (χ1v) is 9.31. The Morgan fingerprint density at radius 3 is 2.39 bits per heavy atom. The third kappa shape index (κ3) is 3.38. The standard InChI is InChI=1S/C18H15N3O6S/c1-9-8-12-10(6-7-13(19)17(12)28(25,26)27)16(22)15(9)21-20-14-5-3-2-4-11(14)18(23)24/h2-8,22H,19H2,1H3,(H,23,24)(H,25,26,27). The van der Waals surface area contributed by atoms with Crippen molar-refractivity contribution in [3.63, 3.8) is 0 Å². The van der Waals surface area contributed by atoms with E-state index < -0.39 is 21.0 Å². The zero-order valence-electron chi connectivity index (χ0n) is 14.5. The van der Waals surface area contributed by atoms with E-state index in [0.29, 0.717) is 5.56 Å². The molecule has 0 radical (unpaired) electrons. The molecule has 28 heavy (non-hydrogen) atoms. The van der Waals surface area contributed by atoms with Crippen LogP contribution in [0.3, 0.4) is 0 Å². The van der Waals surface area contributed by atoms with Gasteiger partial charge in [0.05, 0.1) is 11.3 Å². The van der Waals surface area contributed by atoms with Gasteiger partial charge in [-0.25, -0.2) is 4.79 Å². The number of hydrogen-bond donors (Lipinski definition) is 4. The van der Waals surface area contributed by atoms with E-state index in [4.69, 9.17) is 5.73 Å². The zero-order chi connectivity index (χ0) is 20.6. The molecule has 0 bridgehead atoms. The van der Waals surface area contributed by atoms with Gasteiger partial charge in [0.1, 0.15) is 16.3 Å². The second-order valence-corrected chi connectivity index (χ2v) is 7.33. The van der Waals surface area contributed by atoms with Crippen LogP contribution in [-0.2, 0) is 10.1 Å². The monoisotopic (exact) mass is 401 g/mol. The summed E-state index contributed by atoms with van der Waals surface area (Å²) < 4.78 is 32.8. The molecule has 0 saturated carbocycles. The molecule has 3 aromatic carbocycles. The van der Waals surface area contributed by atoms with Gasteiger partial charge in [-0.3, -0.25) is 4.55 Å². The first-order chi connectivity index (χ1) is 13.1. The number of carboxylic acids is 1. The topological polar surface area (TPSA) is 163 Å². The summed E-state index contributed by atoms with van der Waals surface area (Å²) in [6.45, 7) is 1.55. The lowest BCUT2D eigenvalue weighted by molar-refractivity contribution is 0.0697. The van der Waals surface area contributed by atoms with Crippen molar-refractivity contribution in [3.8, 4) is 5.75 Å². The Morgan fingerprint density at radius 1 is 1.07 bits per heavy atom. The lowest BCUT2D eigenvalue weighted by Gasteiger charge is -2.12. The molecule has 0 amide bonds. The quantitative estimate of drug-likeness (QED) is 0.293. The molecule has 0 atom stereocenters. The van der Waals surface area contributed by atoms with Gasteiger partial charge >= 0.3 is 5.97 Å². The van der Waals surface area contributed by atoms with Crippen molar-refractivity contribution >= 4 is 43.9 Å². The van der Waals surface area contributed by atoms with Crippen LogP contribution in [0.15, 0.2) is 57.6 Å². The number of hydrogen-bond acceptors (Lipinski definition) is 7. The third-order valence-corrected chi connectivity index (χ3v) is 5.06. The SMILES string of the molecule is Cc1cc2c(S(=O)(=O)O)c(N)ccc2c(O)c1N=Nc1ccccc1C(=O)O. The number of carboxylic acid groups (broad SMARTS) is 1. The van der Waals surface area contributed by atoms with Gasteiger partial charge in [0, 0.05) is 10.8 Å². The second-order valence-electron chi connectivity index (χ2n) is 5.97. The summed E-state index contributed by atoms with van der Waals surface area (Å²) in [5.41, 5.74) is 5.90. The van der Waals surface area contributed by atoms with Gasteiger partial charge in [0.2, 0.25) is 0 Å². The van der Waals surface area contributed by atoms with Gasteiger partial charge in [0.25, 0.3) is 10.1 Å². The van der Waals surface area contributed by atoms with Crippen LogP contribution < -0.4 is 5.73 Å². The first-order valence-electron chi connectivity index (χ1n) is 7.87. The summed E-state index contributed by atoms with van der Waals surface area (Å²) in [5, 5.41) is 27.8. The number of phenolic OH excluding ortho intramolecular Hbond substituents is 1. The van der Waals surface area contributed by atoms with Gasteiger partial charge in [0.15, 0.2) is 5.75 Å². The molecule has 0 aliphatic heterocycles. The van der Waals surface area contributed by atoms with Crippen LogP contribution in [0.4, 0.5) is 17.1 Å². The van der Waals surface area contributed by atoms with Gasteiger partial charge in [-0.05, 0) is 42.8 Å². The molecule has 0 fully saturated rings. The van der Waals surface area contributed by atoms with Crippen LogP contribution in [0.1, 0.15) is 15.9 Å². The second kappa shape index (κ2) is 6.91. The van der Waals surface area contributed by atoms with Crippen LogP contribution >= 0.6 is 0 Å². The van der Waals surface area contributed by atoms with E-state index in [0.717, 1.165) is 0 Å². The van der Waals surface area contributed by atoms with Crippen molar-refractivity contribution in [3.05, 3.63) is 53.6 Å². The number of nitrogens with zero attached hydrogens (tertiary/aromatic N) is 2. The molecule has 0 spiro atoms. The van der Waals surface area contributed by atoms with Crippen LogP contribution in [0.5, 0.6) is 5.75 Å². The Hall–Kier alpha value is -3.50. The van der Waals surface area contributed by atoms with Gasteiger partial charge in [-0.1, -0.05) is 12.1 Å². The highest BCUT2D eigenvalue weighted by Crippen LogP contribution is 2.42. The van der Waals surface area contributed by atoms with Gasteiger partial charge in [-0.2, -0.15) is 8.42 Å². The Kier molecular flexibility index (Phi) is 4.75. The number of nitrogen functional groups attached to an aromatic ring is 1. The Morgan fingerprint density at radius 2 is 1.75 bits per heavy atom. The predicted octanol–water partition coefficient (Wildman–Crippen LogP) is 3.80. The molecule has 10 heteroatoms. The van der Waals surface area contributed by atoms with Crippen molar-refractivity contribution in [1.82, 2.24) is 0 Å². The van der Waals surface area contributed by atoms with Crippen molar-refractivity contribution in [2.45, 2.75) is 11.8 Å². The normalized spacial score (nSPS) is 11.9. The van der Waals surface area contributed by atoms with Crippen molar-refractivity contribution in [1.29, 1.82) is 0 Å². The van der Waals surface area contributed by atoms with E-state index >= 15 is 0 Å². The number of aromatic hydroxyl groups is 1. The van der Waals surface area contributed by atoms with Crippen molar-refractivity contribution < 1.29 is 28.0 Å². The molecule has 5 N–H and O–H groups in total. The molecule has 0 aliphatic carbocycles. The third-order valence-electron chi connectivity index (χ3n) is 4.09. The molecule has 9 nitrogen and oxygen atoms in total. The maximum Gasteiger partial charge on any atom is 0.337 e. The summed E-state index contributed by atoms with van der Waals surface area (Å²) in [6, 6.07) is 9.98. The highest BCUT2D eigenvalue weighted by Gasteiger charge is 2.21. The number of azo groups is 1. The van der Waals surface area contributed by atoms with Crippen molar-refractivity contribution in [2.75, 3.05) is 5.73 Å². The number of fused-ring (bicyclic) bond motifs is 1. The Bertz CT molecular complexity index is 1250. The molecule has 144 valence electrons. The van der Waals surface area contributed by atoms with Crippen LogP contribution in [0.2, 0.25) is 0 Å². The van der Waals surface area contributed by atoms with Crippen molar-refractivity contribution in [2.24, 2.45) is 10.2 Å². The molecule has 3 rings (SSSR count). The smallest absolute Gasteiger partial charge is 0.337 e. The average Bonchev–Trinajstić information content (AvgIpc) is 2.60. The van der Waals surface area contributed by atoms with E-state index in [2.05, 4.69) is 10.2 Å². The first kappa shape index (κ1) is 19.3. The van der Waals surface area contributed by atoms with E-state index in [1.54, 1.807) is 19.1 Å². The summed E-state index contributed by atoms with van der Waals surface area (Å²) >= 11 is 0. The van der Waals surface area contributed by atoms with Gasteiger partial charge in [-0.15, -0.1) is 10.2 Å². The minimum Gasteiger partial charge on any atom is -0.505 e. The minimum absolute atomic E-state index is 0.0266. The van der Waals surface area contributed by atoms with Crippen LogP contribution in [0, 0.1) is 6.92 Å². The number of carbonyl (C=O) groups is 1. The molecule has 0 unspecified atom stereocenters. The fraction of sp³-hybridized carbons (Fsp3) is 0.0556. The van der Waals surface area contributed by atoms with Crippen LogP contribution in [0.25, 0.3) is 10.8 Å². The molecule has 3 aromatic rings. The Labute approximate surface area is 159 Å². The largest absolute Gasteiger partial charge is 0.505 e. The molecule has 0 saturated heterocycles. The lowest BCUT2D eigenvalue weighted by atomic mass is 10.0. The molecule has 0 aliphatic rings. The number of anilines is 1. The zero-order valence-corrected chi connectivity index (χ0v) is 15.3.